The lowest BCUT2D eigenvalue weighted by molar-refractivity contribution is -0.151. The second-order valence-corrected chi connectivity index (χ2v) is 7.09. The van der Waals surface area contributed by atoms with E-state index in [0.717, 1.165) is 31.6 Å². The maximum atomic E-state index is 12.0. The van der Waals surface area contributed by atoms with Gasteiger partial charge in [-0.15, -0.1) is 0 Å². The molecule has 0 spiro atoms. The summed E-state index contributed by atoms with van der Waals surface area (Å²) in [5, 5.41) is 2.79. The third-order valence-corrected chi connectivity index (χ3v) is 5.07. The molecule has 1 aliphatic heterocycles. The van der Waals surface area contributed by atoms with Gasteiger partial charge in [-0.1, -0.05) is 25.0 Å². The summed E-state index contributed by atoms with van der Waals surface area (Å²) in [5.74, 6) is -0.686. The van der Waals surface area contributed by atoms with Crippen LogP contribution in [0.3, 0.4) is 0 Å². The van der Waals surface area contributed by atoms with Crippen molar-refractivity contribution in [2.75, 3.05) is 29.9 Å². The Morgan fingerprint density at radius 3 is 2.42 bits per heavy atom. The van der Waals surface area contributed by atoms with E-state index < -0.39 is 0 Å². The molecule has 1 atom stereocenters. The fraction of sp³-hybridized carbons (Fsp3) is 0.524. The SMILES string of the molecule is O=C(COC(=O)[C@@H]1CC=CCC1)Nc1ccc(N2CCCCCC2)cc1. The molecule has 0 radical (unpaired) electrons. The number of carbonyl (C=O) groups is 2. The molecule has 0 aromatic heterocycles. The zero-order chi connectivity index (χ0) is 18.2. The van der Waals surface area contributed by atoms with Gasteiger partial charge in [0.1, 0.15) is 0 Å². The molecule has 1 aromatic rings. The number of anilines is 2. The average Bonchev–Trinajstić information content (AvgIpc) is 2.97. The Labute approximate surface area is 155 Å². The van der Waals surface area contributed by atoms with Crippen LogP contribution < -0.4 is 10.2 Å². The van der Waals surface area contributed by atoms with Gasteiger partial charge in [0.25, 0.3) is 5.91 Å². The first-order valence-corrected chi connectivity index (χ1v) is 9.69. The highest BCUT2D eigenvalue weighted by atomic mass is 16.5. The van der Waals surface area contributed by atoms with Crippen molar-refractivity contribution in [3.8, 4) is 0 Å². The summed E-state index contributed by atoms with van der Waals surface area (Å²) < 4.78 is 5.16. The van der Waals surface area contributed by atoms with E-state index in [2.05, 4.69) is 16.3 Å². The Kier molecular flexibility index (Phi) is 6.69. The summed E-state index contributed by atoms with van der Waals surface area (Å²) in [6, 6.07) is 7.90. The minimum absolute atomic E-state index is 0.110. The Bertz CT molecular complexity index is 631. The Balaban J connectivity index is 1.45. The molecule has 1 fully saturated rings. The van der Waals surface area contributed by atoms with Crippen LogP contribution in [0.1, 0.15) is 44.9 Å². The lowest BCUT2D eigenvalue weighted by atomic mass is 9.95. The van der Waals surface area contributed by atoms with E-state index in [1.807, 2.05) is 30.3 Å². The van der Waals surface area contributed by atoms with E-state index in [1.54, 1.807) is 0 Å². The number of hydrogen-bond acceptors (Lipinski definition) is 4. The number of carbonyl (C=O) groups excluding carboxylic acids is 2. The van der Waals surface area contributed by atoms with Gasteiger partial charge in [0.05, 0.1) is 5.92 Å². The molecule has 1 N–H and O–H groups in total. The van der Waals surface area contributed by atoms with Crippen molar-refractivity contribution in [3.05, 3.63) is 36.4 Å². The Hall–Kier alpha value is -2.30. The molecule has 140 valence electrons. The lowest BCUT2D eigenvalue weighted by Gasteiger charge is -2.22. The standard InChI is InChI=1S/C21H28N2O3/c24-20(16-26-21(25)17-8-4-3-5-9-17)22-18-10-12-19(13-11-18)23-14-6-1-2-7-15-23/h3-4,10-13,17H,1-2,5-9,14-16H2,(H,22,24)/t17-/m1/s1. The number of nitrogens with zero attached hydrogens (tertiary/aromatic N) is 1. The molecule has 0 saturated carbocycles. The minimum atomic E-state index is -0.299. The van der Waals surface area contributed by atoms with Crippen molar-refractivity contribution in [2.45, 2.75) is 44.9 Å². The van der Waals surface area contributed by atoms with Crippen LogP contribution in [0, 0.1) is 5.92 Å². The van der Waals surface area contributed by atoms with Crippen LogP contribution in [0.2, 0.25) is 0 Å². The number of amides is 1. The maximum absolute atomic E-state index is 12.0. The van der Waals surface area contributed by atoms with E-state index in [0.29, 0.717) is 6.42 Å². The molecule has 2 aliphatic rings. The normalized spacial score (nSPS) is 20.3. The summed E-state index contributed by atoms with van der Waals surface area (Å²) in [5.41, 5.74) is 1.92. The van der Waals surface area contributed by atoms with Gasteiger partial charge in [0.15, 0.2) is 6.61 Å². The predicted molar refractivity (Wildman–Crippen MR) is 103 cm³/mol. The second kappa shape index (κ2) is 9.41. The lowest BCUT2D eigenvalue weighted by Crippen LogP contribution is -2.25. The van der Waals surface area contributed by atoms with E-state index in [4.69, 9.17) is 4.74 Å². The highest BCUT2D eigenvalue weighted by Gasteiger charge is 2.21. The van der Waals surface area contributed by atoms with Crippen LogP contribution in [-0.4, -0.2) is 31.6 Å². The fourth-order valence-corrected chi connectivity index (χ4v) is 3.54. The van der Waals surface area contributed by atoms with E-state index >= 15 is 0 Å². The van der Waals surface area contributed by atoms with Crippen LogP contribution in [0.25, 0.3) is 0 Å². The number of hydrogen-bond donors (Lipinski definition) is 1. The summed E-state index contributed by atoms with van der Waals surface area (Å²) in [4.78, 5) is 26.4. The molecule has 5 nitrogen and oxygen atoms in total. The smallest absolute Gasteiger partial charge is 0.309 e. The first kappa shape index (κ1) is 18.5. The Morgan fingerprint density at radius 1 is 1.04 bits per heavy atom. The van der Waals surface area contributed by atoms with Gasteiger partial charge >= 0.3 is 5.97 Å². The molecule has 0 unspecified atom stereocenters. The molecule has 0 bridgehead atoms. The summed E-state index contributed by atoms with van der Waals surface area (Å²) in [6.45, 7) is 1.96. The summed E-state index contributed by atoms with van der Waals surface area (Å²) >= 11 is 0. The molecular formula is C21H28N2O3. The topological polar surface area (TPSA) is 58.6 Å². The molecule has 1 amide bonds. The molecule has 1 aromatic carbocycles. The third kappa shape index (κ3) is 5.35. The van der Waals surface area contributed by atoms with Crippen molar-refractivity contribution >= 4 is 23.3 Å². The number of benzene rings is 1. The maximum Gasteiger partial charge on any atom is 0.309 e. The van der Waals surface area contributed by atoms with Crippen molar-refractivity contribution in [2.24, 2.45) is 5.92 Å². The molecule has 3 rings (SSSR count). The van der Waals surface area contributed by atoms with Crippen LogP contribution in [-0.2, 0) is 14.3 Å². The predicted octanol–water partition coefficient (Wildman–Crippen LogP) is 3.91. The van der Waals surface area contributed by atoms with Crippen LogP contribution >= 0.6 is 0 Å². The van der Waals surface area contributed by atoms with Crippen LogP contribution in [0.15, 0.2) is 36.4 Å². The van der Waals surface area contributed by atoms with Gasteiger partial charge in [0, 0.05) is 24.5 Å². The molecule has 1 aliphatic carbocycles. The average molecular weight is 356 g/mol. The zero-order valence-corrected chi connectivity index (χ0v) is 15.3. The van der Waals surface area contributed by atoms with Crippen molar-refractivity contribution in [3.63, 3.8) is 0 Å². The van der Waals surface area contributed by atoms with Gasteiger partial charge in [-0.05, 0) is 56.4 Å². The second-order valence-electron chi connectivity index (χ2n) is 7.09. The minimum Gasteiger partial charge on any atom is -0.455 e. The highest BCUT2D eigenvalue weighted by Crippen LogP contribution is 2.22. The van der Waals surface area contributed by atoms with Gasteiger partial charge < -0.3 is 15.0 Å². The highest BCUT2D eigenvalue weighted by molar-refractivity contribution is 5.93. The van der Waals surface area contributed by atoms with Gasteiger partial charge in [0.2, 0.25) is 0 Å². The number of ether oxygens (including phenoxy) is 1. The largest absolute Gasteiger partial charge is 0.455 e. The van der Waals surface area contributed by atoms with E-state index in [9.17, 15) is 9.59 Å². The first-order valence-electron chi connectivity index (χ1n) is 9.69. The third-order valence-electron chi connectivity index (χ3n) is 5.07. The van der Waals surface area contributed by atoms with Crippen molar-refractivity contribution in [1.29, 1.82) is 0 Å². The van der Waals surface area contributed by atoms with Gasteiger partial charge in [-0.25, -0.2) is 0 Å². The molecule has 26 heavy (non-hydrogen) atoms. The van der Waals surface area contributed by atoms with E-state index in [-0.39, 0.29) is 24.4 Å². The molecule has 1 saturated heterocycles. The van der Waals surface area contributed by atoms with Gasteiger partial charge in [-0.3, -0.25) is 9.59 Å². The fourth-order valence-electron chi connectivity index (χ4n) is 3.54. The molecule has 5 heteroatoms. The van der Waals surface area contributed by atoms with Crippen molar-refractivity contribution in [1.82, 2.24) is 0 Å². The van der Waals surface area contributed by atoms with Crippen LogP contribution in [0.4, 0.5) is 11.4 Å². The van der Waals surface area contributed by atoms with Gasteiger partial charge in [-0.2, -0.15) is 0 Å². The number of allylic oxidation sites excluding steroid dienone is 2. The van der Waals surface area contributed by atoms with Crippen LogP contribution in [0.5, 0.6) is 0 Å². The van der Waals surface area contributed by atoms with E-state index in [1.165, 1.54) is 31.4 Å². The number of esters is 1. The monoisotopic (exact) mass is 356 g/mol. The number of rotatable bonds is 5. The number of nitrogens with one attached hydrogen (secondary N) is 1. The van der Waals surface area contributed by atoms with Crippen molar-refractivity contribution < 1.29 is 14.3 Å². The Morgan fingerprint density at radius 2 is 1.77 bits per heavy atom. The first-order chi connectivity index (χ1) is 12.7. The summed E-state index contributed by atoms with van der Waals surface area (Å²) in [6.07, 6.45) is 11.6. The zero-order valence-electron chi connectivity index (χ0n) is 15.3. The molecule has 1 heterocycles. The quantitative estimate of drug-likeness (QED) is 0.642. The summed E-state index contributed by atoms with van der Waals surface area (Å²) in [7, 11) is 0. The molecular weight excluding hydrogens is 328 g/mol.